The highest BCUT2D eigenvalue weighted by molar-refractivity contribution is 7.99. The maximum absolute atomic E-state index is 12.9. The van der Waals surface area contributed by atoms with E-state index in [2.05, 4.69) is 20.6 Å². The Hall–Kier alpha value is -0.990. The zero-order chi connectivity index (χ0) is 22.5. The van der Waals surface area contributed by atoms with Crippen molar-refractivity contribution in [1.29, 1.82) is 0 Å². The van der Waals surface area contributed by atoms with Gasteiger partial charge in [0, 0.05) is 36.1 Å². The van der Waals surface area contributed by atoms with Crippen LogP contribution in [-0.2, 0) is 15.3 Å². The molecule has 3 heterocycles. The van der Waals surface area contributed by atoms with Crippen LogP contribution in [0.1, 0.15) is 19.0 Å². The topological polar surface area (TPSA) is 157 Å². The van der Waals surface area contributed by atoms with Crippen LogP contribution in [0.5, 0.6) is 0 Å². The Morgan fingerprint density at radius 3 is 2.74 bits per heavy atom. The molecule has 0 spiro atoms. The van der Waals surface area contributed by atoms with E-state index >= 15 is 0 Å². The predicted molar refractivity (Wildman–Crippen MR) is 117 cm³/mol. The van der Waals surface area contributed by atoms with Gasteiger partial charge in [0.25, 0.3) is 0 Å². The smallest absolute Gasteiger partial charge is 0.237 e. The van der Waals surface area contributed by atoms with Gasteiger partial charge in [-0.25, -0.2) is 0 Å². The summed E-state index contributed by atoms with van der Waals surface area (Å²) in [6.45, 7) is 2.14. The summed E-state index contributed by atoms with van der Waals surface area (Å²) in [7, 11) is 0. The van der Waals surface area contributed by atoms with Crippen LogP contribution in [0, 0.1) is 0 Å². The Labute approximate surface area is 189 Å². The molecule has 2 fully saturated rings. The molecule has 9 unspecified atom stereocenters. The van der Waals surface area contributed by atoms with Gasteiger partial charge in [-0.3, -0.25) is 14.8 Å². The number of amides is 1. The first-order valence-electron chi connectivity index (χ1n) is 10.1. The summed E-state index contributed by atoms with van der Waals surface area (Å²) in [6, 6.07) is -1.40. The summed E-state index contributed by atoms with van der Waals surface area (Å²) in [5.41, 5.74) is 0.0927. The number of ether oxygens (including phenoxy) is 1. The highest BCUT2D eigenvalue weighted by Crippen LogP contribution is 2.30. The molecule has 0 saturated carbocycles. The normalized spacial score (nSPS) is 35.5. The van der Waals surface area contributed by atoms with E-state index in [0.29, 0.717) is 18.7 Å². The molecule has 0 radical (unpaired) electrons. The van der Waals surface area contributed by atoms with Crippen LogP contribution in [0.25, 0.3) is 0 Å². The number of aromatic nitrogens is 2. The van der Waals surface area contributed by atoms with E-state index in [1.54, 1.807) is 36.6 Å². The molecule has 1 aromatic heterocycles. The van der Waals surface area contributed by atoms with Gasteiger partial charge in [-0.1, -0.05) is 0 Å². The minimum absolute atomic E-state index is 0.220. The third-order valence-corrected chi connectivity index (χ3v) is 7.66. The predicted octanol–water partition coefficient (Wildman–Crippen LogP) is -1.52. The maximum Gasteiger partial charge on any atom is 0.237 e. The van der Waals surface area contributed by atoms with Gasteiger partial charge in [-0.05, 0) is 19.6 Å². The van der Waals surface area contributed by atoms with Crippen molar-refractivity contribution in [2.45, 2.75) is 72.4 Å². The molecule has 2 saturated heterocycles. The molecule has 2 aliphatic heterocycles. The number of aliphatic hydroxyl groups excluding tert-OH is 4. The van der Waals surface area contributed by atoms with Gasteiger partial charge >= 0.3 is 0 Å². The van der Waals surface area contributed by atoms with Crippen molar-refractivity contribution in [2.75, 3.05) is 12.8 Å². The molecule has 10 nitrogen and oxygen atoms in total. The number of rotatable bonds is 8. The average Bonchev–Trinajstić information content (AvgIpc) is 3.25. The second-order valence-corrected chi connectivity index (χ2v) is 10.0. The number of hydrogen-bond acceptors (Lipinski definition) is 11. The summed E-state index contributed by atoms with van der Waals surface area (Å²) in [6.07, 6.45) is 1.02. The summed E-state index contributed by atoms with van der Waals surface area (Å²) < 4.78 is 5.72. The van der Waals surface area contributed by atoms with Crippen LogP contribution in [-0.4, -0.2) is 102 Å². The second kappa shape index (κ2) is 11.2. The number of carbonyl (C=O) groups excluding carboxylic acids is 1. The lowest BCUT2D eigenvalue weighted by molar-refractivity contribution is -0.211. The number of aliphatic hydroxyl groups is 4. The van der Waals surface area contributed by atoms with Gasteiger partial charge in [0.1, 0.15) is 29.9 Å². The summed E-state index contributed by atoms with van der Waals surface area (Å²) in [4.78, 5) is 21.2. The number of hydrogen-bond donors (Lipinski definition) is 6. The largest absolute Gasteiger partial charge is 0.391 e. The van der Waals surface area contributed by atoms with Crippen LogP contribution < -0.4 is 10.6 Å². The molecule has 12 heteroatoms. The van der Waals surface area contributed by atoms with Crippen molar-refractivity contribution in [3.05, 3.63) is 24.3 Å². The summed E-state index contributed by atoms with van der Waals surface area (Å²) in [5, 5.41) is 47.0. The molecule has 9 atom stereocenters. The fourth-order valence-electron chi connectivity index (χ4n) is 3.75. The highest BCUT2D eigenvalue weighted by Gasteiger charge is 2.48. The van der Waals surface area contributed by atoms with Crippen molar-refractivity contribution in [1.82, 2.24) is 20.6 Å². The molecular formula is C19H30N4O6S2. The Morgan fingerprint density at radius 2 is 2.10 bits per heavy atom. The minimum atomic E-state index is -1.45. The van der Waals surface area contributed by atoms with E-state index < -0.39 is 48.0 Å². The van der Waals surface area contributed by atoms with Crippen LogP contribution >= 0.6 is 23.5 Å². The van der Waals surface area contributed by atoms with E-state index in [0.717, 1.165) is 5.69 Å². The standard InChI is InChI=1S/C19H30N4O6S2/c1-9(24)13(17-15(26)14(25)16(27)19(29-17)30-2)23-18(28)12-5-11(7-22-12)31-8-10-6-20-3-4-21-10/h3-4,6,9,11-17,19,22,24-27H,5,7-8H2,1-2H3,(H,23,28). The first-order valence-corrected chi connectivity index (χ1v) is 12.5. The fourth-order valence-corrected chi connectivity index (χ4v) is 5.52. The van der Waals surface area contributed by atoms with Crippen molar-refractivity contribution in [2.24, 2.45) is 0 Å². The lowest BCUT2D eigenvalue weighted by Crippen LogP contribution is -2.65. The zero-order valence-corrected chi connectivity index (χ0v) is 19.0. The summed E-state index contributed by atoms with van der Waals surface area (Å²) >= 11 is 2.87. The molecule has 2 aliphatic rings. The van der Waals surface area contributed by atoms with Gasteiger partial charge in [-0.2, -0.15) is 11.8 Å². The molecule has 6 N–H and O–H groups in total. The van der Waals surface area contributed by atoms with Gasteiger partial charge in [0.15, 0.2) is 0 Å². The lowest BCUT2D eigenvalue weighted by atomic mass is 9.92. The zero-order valence-electron chi connectivity index (χ0n) is 17.4. The first-order chi connectivity index (χ1) is 14.8. The number of nitrogens with zero attached hydrogens (tertiary/aromatic N) is 2. The third kappa shape index (κ3) is 6.08. The Balaban J connectivity index is 1.57. The fraction of sp³-hybridized carbons (Fsp3) is 0.737. The highest BCUT2D eigenvalue weighted by atomic mass is 32.2. The molecule has 1 aromatic rings. The first kappa shape index (κ1) is 24.6. The molecular weight excluding hydrogens is 444 g/mol. The molecule has 0 aromatic carbocycles. The van der Waals surface area contributed by atoms with Crippen LogP contribution in [0.3, 0.4) is 0 Å². The monoisotopic (exact) mass is 474 g/mol. The van der Waals surface area contributed by atoms with E-state index in [1.165, 1.54) is 18.7 Å². The van der Waals surface area contributed by atoms with Gasteiger partial charge < -0.3 is 35.8 Å². The van der Waals surface area contributed by atoms with Gasteiger partial charge in [0.2, 0.25) is 5.91 Å². The third-order valence-electron chi connectivity index (χ3n) is 5.51. The van der Waals surface area contributed by atoms with Crippen molar-refractivity contribution >= 4 is 29.4 Å². The molecule has 1 amide bonds. The quantitative estimate of drug-likeness (QED) is 0.260. The van der Waals surface area contributed by atoms with Crippen molar-refractivity contribution in [3.8, 4) is 0 Å². The van der Waals surface area contributed by atoms with Crippen molar-refractivity contribution in [3.63, 3.8) is 0 Å². The van der Waals surface area contributed by atoms with E-state index in [4.69, 9.17) is 4.74 Å². The number of nitrogens with one attached hydrogen (secondary N) is 2. The lowest BCUT2D eigenvalue weighted by Gasteiger charge is -2.44. The van der Waals surface area contributed by atoms with E-state index in [9.17, 15) is 25.2 Å². The van der Waals surface area contributed by atoms with Crippen LogP contribution in [0.15, 0.2) is 18.6 Å². The molecule has 0 bridgehead atoms. The molecule has 174 valence electrons. The second-order valence-electron chi connectivity index (χ2n) is 7.78. The van der Waals surface area contributed by atoms with Gasteiger partial charge in [0.05, 0.1) is 23.9 Å². The van der Waals surface area contributed by atoms with Crippen molar-refractivity contribution < 1.29 is 30.0 Å². The molecule has 0 aliphatic carbocycles. The maximum atomic E-state index is 12.9. The van der Waals surface area contributed by atoms with E-state index in [-0.39, 0.29) is 11.2 Å². The van der Waals surface area contributed by atoms with E-state index in [1.807, 2.05) is 0 Å². The van der Waals surface area contributed by atoms with Crippen LogP contribution in [0.2, 0.25) is 0 Å². The van der Waals surface area contributed by atoms with Gasteiger partial charge in [-0.15, -0.1) is 11.8 Å². The van der Waals surface area contributed by atoms with Crippen LogP contribution in [0.4, 0.5) is 0 Å². The SMILES string of the molecule is CSC1OC(C(NC(=O)C2CC(SCc3cnccn3)CN2)C(C)O)C(O)C(O)C1O. The Bertz CT molecular complexity index is 716. The molecule has 31 heavy (non-hydrogen) atoms. The number of carbonyl (C=O) groups is 1. The average molecular weight is 475 g/mol. The minimum Gasteiger partial charge on any atom is -0.391 e. The Morgan fingerprint density at radius 1 is 1.32 bits per heavy atom. The summed E-state index contributed by atoms with van der Waals surface area (Å²) in [5.74, 6) is 0.383. The Kier molecular flexibility index (Phi) is 8.93. The number of thioether (sulfide) groups is 2. The molecule has 3 rings (SSSR count).